The average molecular weight is 296 g/mol. The molecule has 0 aliphatic heterocycles. The molecule has 1 aliphatic carbocycles. The fourth-order valence-electron chi connectivity index (χ4n) is 2.66. The second-order valence-electron chi connectivity index (χ2n) is 5.32. The van der Waals surface area contributed by atoms with E-state index in [2.05, 4.69) is 59.1 Å². The molecule has 2 rings (SSSR count). The van der Waals surface area contributed by atoms with Crippen molar-refractivity contribution in [3.63, 3.8) is 0 Å². The minimum atomic E-state index is 0.737. The lowest BCUT2D eigenvalue weighted by Crippen LogP contribution is -2.34. The second-order valence-corrected chi connectivity index (χ2v) is 5.89. The topological polar surface area (TPSA) is 3.24 Å². The van der Waals surface area contributed by atoms with Crippen molar-refractivity contribution in [2.24, 2.45) is 5.92 Å². The van der Waals surface area contributed by atoms with E-state index in [0.29, 0.717) is 0 Å². The molecule has 1 aliphatic rings. The van der Waals surface area contributed by atoms with Crippen LogP contribution in [-0.4, -0.2) is 13.1 Å². The largest absolute Gasteiger partial charge is 0.372 e. The Bertz CT molecular complexity index is 338. The minimum absolute atomic E-state index is 0.737. The Balaban J connectivity index is 2.00. The molecule has 1 nitrogen and oxygen atoms in total. The maximum absolute atomic E-state index is 3.49. The molecule has 0 radical (unpaired) electrons. The number of rotatable bonds is 3. The lowest BCUT2D eigenvalue weighted by Gasteiger charge is -2.35. The van der Waals surface area contributed by atoms with Crippen molar-refractivity contribution >= 4 is 21.6 Å². The number of halogens is 1. The highest BCUT2D eigenvalue weighted by atomic mass is 79.9. The van der Waals surface area contributed by atoms with Gasteiger partial charge in [-0.15, -0.1) is 0 Å². The molecule has 1 saturated carbocycles. The molecule has 1 fully saturated rings. The molecule has 0 spiro atoms. The van der Waals surface area contributed by atoms with Crippen LogP contribution in [0.25, 0.3) is 0 Å². The van der Waals surface area contributed by atoms with Crippen molar-refractivity contribution in [2.75, 3.05) is 11.9 Å². The molecule has 94 valence electrons. The maximum atomic E-state index is 3.49. The average Bonchev–Trinajstić information content (AvgIpc) is 2.39. The first-order chi connectivity index (χ1) is 8.20. The summed E-state index contributed by atoms with van der Waals surface area (Å²) in [4.78, 5) is 2.46. The molecular formula is C15H22BrN. The SMILES string of the molecule is CC1CCC(N(C)c2ccc(CBr)cc2)CC1. The Kier molecular flexibility index (Phi) is 4.49. The number of hydrogen-bond acceptors (Lipinski definition) is 1. The van der Waals surface area contributed by atoms with Crippen LogP contribution in [0.15, 0.2) is 24.3 Å². The van der Waals surface area contributed by atoms with E-state index >= 15 is 0 Å². The van der Waals surface area contributed by atoms with E-state index in [4.69, 9.17) is 0 Å². The molecule has 0 unspecified atom stereocenters. The standard InChI is InChI=1S/C15H22BrN/c1-12-3-7-14(8-4-12)17(2)15-9-5-13(11-16)6-10-15/h5-6,9-10,12,14H,3-4,7-8,11H2,1-2H3. The number of anilines is 1. The van der Waals surface area contributed by atoms with Crippen LogP contribution < -0.4 is 4.90 Å². The molecule has 1 aromatic carbocycles. The van der Waals surface area contributed by atoms with Crippen molar-refractivity contribution < 1.29 is 0 Å². The molecular weight excluding hydrogens is 274 g/mol. The summed E-state index contributed by atoms with van der Waals surface area (Å²) >= 11 is 3.49. The fraction of sp³-hybridized carbons (Fsp3) is 0.600. The lowest BCUT2D eigenvalue weighted by molar-refractivity contribution is 0.341. The summed E-state index contributed by atoms with van der Waals surface area (Å²) in [5.74, 6) is 0.926. The molecule has 0 aromatic heterocycles. The van der Waals surface area contributed by atoms with Gasteiger partial charge in [-0.2, -0.15) is 0 Å². The highest BCUT2D eigenvalue weighted by Crippen LogP contribution is 2.29. The summed E-state index contributed by atoms with van der Waals surface area (Å²) in [6.45, 7) is 2.38. The van der Waals surface area contributed by atoms with Crippen LogP contribution in [0.1, 0.15) is 38.2 Å². The Morgan fingerprint density at radius 3 is 2.24 bits per heavy atom. The first-order valence-electron chi connectivity index (χ1n) is 6.58. The molecule has 0 bridgehead atoms. The van der Waals surface area contributed by atoms with Gasteiger partial charge in [0.05, 0.1) is 0 Å². The van der Waals surface area contributed by atoms with Gasteiger partial charge < -0.3 is 4.90 Å². The summed E-state index contributed by atoms with van der Waals surface area (Å²) in [5.41, 5.74) is 2.70. The zero-order valence-corrected chi connectivity index (χ0v) is 12.4. The molecule has 0 saturated heterocycles. The predicted octanol–water partition coefficient (Wildman–Crippen LogP) is 4.60. The second kappa shape index (κ2) is 5.90. The number of benzene rings is 1. The van der Waals surface area contributed by atoms with Crippen molar-refractivity contribution in [2.45, 2.75) is 44.0 Å². The Morgan fingerprint density at radius 2 is 1.71 bits per heavy atom. The zero-order valence-electron chi connectivity index (χ0n) is 10.8. The number of alkyl halides is 1. The highest BCUT2D eigenvalue weighted by Gasteiger charge is 2.21. The third kappa shape index (κ3) is 3.25. The first-order valence-corrected chi connectivity index (χ1v) is 7.70. The third-order valence-corrected chi connectivity index (χ3v) is 4.68. The Labute approximate surface area is 113 Å². The van der Waals surface area contributed by atoms with Crippen LogP contribution in [0.4, 0.5) is 5.69 Å². The minimum Gasteiger partial charge on any atom is -0.372 e. The van der Waals surface area contributed by atoms with Gasteiger partial charge in [-0.25, -0.2) is 0 Å². The van der Waals surface area contributed by atoms with Gasteiger partial charge in [0.1, 0.15) is 0 Å². The smallest absolute Gasteiger partial charge is 0.0366 e. The van der Waals surface area contributed by atoms with E-state index in [0.717, 1.165) is 17.3 Å². The van der Waals surface area contributed by atoms with Crippen LogP contribution in [0.3, 0.4) is 0 Å². The van der Waals surface area contributed by atoms with Gasteiger partial charge in [-0.3, -0.25) is 0 Å². The van der Waals surface area contributed by atoms with E-state index in [9.17, 15) is 0 Å². The van der Waals surface area contributed by atoms with E-state index in [1.54, 1.807) is 0 Å². The van der Waals surface area contributed by atoms with E-state index in [1.807, 2.05) is 0 Å². The van der Waals surface area contributed by atoms with Gasteiger partial charge >= 0.3 is 0 Å². The highest BCUT2D eigenvalue weighted by molar-refractivity contribution is 9.08. The van der Waals surface area contributed by atoms with E-state index in [-0.39, 0.29) is 0 Å². The Hall–Kier alpha value is -0.500. The summed E-state index contributed by atoms with van der Waals surface area (Å²) in [5, 5.41) is 0.942. The molecule has 0 heterocycles. The maximum Gasteiger partial charge on any atom is 0.0366 e. The number of nitrogens with zero attached hydrogens (tertiary/aromatic N) is 1. The quantitative estimate of drug-likeness (QED) is 0.737. The summed E-state index contributed by atoms with van der Waals surface area (Å²) < 4.78 is 0. The van der Waals surface area contributed by atoms with Gasteiger partial charge in [0.2, 0.25) is 0 Å². The van der Waals surface area contributed by atoms with Crippen molar-refractivity contribution in [1.82, 2.24) is 0 Å². The van der Waals surface area contributed by atoms with Crippen molar-refractivity contribution in [3.05, 3.63) is 29.8 Å². The van der Waals surface area contributed by atoms with Crippen LogP contribution in [0, 0.1) is 5.92 Å². The lowest BCUT2D eigenvalue weighted by atomic mass is 9.86. The van der Waals surface area contributed by atoms with Gasteiger partial charge in [-0.1, -0.05) is 35.0 Å². The van der Waals surface area contributed by atoms with Crippen LogP contribution in [0.2, 0.25) is 0 Å². The van der Waals surface area contributed by atoms with E-state index < -0.39 is 0 Å². The molecule has 0 amide bonds. The molecule has 0 N–H and O–H groups in total. The predicted molar refractivity (Wildman–Crippen MR) is 78.9 cm³/mol. The Morgan fingerprint density at radius 1 is 1.12 bits per heavy atom. The molecule has 2 heteroatoms. The molecule has 17 heavy (non-hydrogen) atoms. The molecule has 1 aromatic rings. The monoisotopic (exact) mass is 295 g/mol. The van der Waals surface area contributed by atoms with Gasteiger partial charge in [0.15, 0.2) is 0 Å². The summed E-state index contributed by atoms with van der Waals surface area (Å²) in [6.07, 6.45) is 5.46. The van der Waals surface area contributed by atoms with Crippen LogP contribution >= 0.6 is 15.9 Å². The summed E-state index contributed by atoms with van der Waals surface area (Å²) in [7, 11) is 2.24. The normalized spacial score (nSPS) is 24.6. The van der Waals surface area contributed by atoms with E-state index in [1.165, 1.54) is 36.9 Å². The zero-order chi connectivity index (χ0) is 12.3. The summed E-state index contributed by atoms with van der Waals surface area (Å²) in [6, 6.07) is 9.66. The van der Waals surface area contributed by atoms with Gasteiger partial charge in [0, 0.05) is 24.1 Å². The van der Waals surface area contributed by atoms with Crippen molar-refractivity contribution in [1.29, 1.82) is 0 Å². The first kappa shape index (κ1) is 12.9. The third-order valence-electron chi connectivity index (χ3n) is 4.03. The fourth-order valence-corrected chi connectivity index (χ4v) is 3.03. The van der Waals surface area contributed by atoms with Gasteiger partial charge in [-0.05, 0) is 49.3 Å². The van der Waals surface area contributed by atoms with Gasteiger partial charge in [0.25, 0.3) is 0 Å². The number of hydrogen-bond donors (Lipinski definition) is 0. The molecule has 0 atom stereocenters. The van der Waals surface area contributed by atoms with Crippen molar-refractivity contribution in [3.8, 4) is 0 Å². The van der Waals surface area contributed by atoms with Crippen LogP contribution in [0.5, 0.6) is 0 Å². The van der Waals surface area contributed by atoms with Crippen LogP contribution in [-0.2, 0) is 5.33 Å².